The van der Waals surface area contributed by atoms with Crippen LogP contribution in [0.25, 0.3) is 0 Å². The standard InChI is InChI=1S/C23H29NO3/c1-14-7-10-17-20(19(14)22(2,3)4)23(5,6)16-9-8-15(11-12-25)13-18(16)24(17)21(26)27/h7-10,13,25H,11-12H2,1-6H3,(H,26,27). The number of aliphatic hydroxyl groups excluding tert-OH is 1. The number of hydrogen-bond donors (Lipinski definition) is 2. The maximum atomic E-state index is 12.3. The summed E-state index contributed by atoms with van der Waals surface area (Å²) in [5.41, 5.74) is 6.39. The molecule has 0 aliphatic carbocycles. The molecule has 0 aromatic heterocycles. The van der Waals surface area contributed by atoms with Gasteiger partial charge in [0.2, 0.25) is 0 Å². The van der Waals surface area contributed by atoms with Crippen molar-refractivity contribution in [3.05, 3.63) is 58.1 Å². The molecular formula is C23H29NO3. The second-order valence-corrected chi connectivity index (χ2v) is 8.97. The first-order chi connectivity index (χ1) is 12.5. The van der Waals surface area contributed by atoms with Crippen molar-refractivity contribution >= 4 is 17.5 Å². The third-order valence-corrected chi connectivity index (χ3v) is 5.58. The molecule has 1 heterocycles. The summed E-state index contributed by atoms with van der Waals surface area (Å²) in [5.74, 6) is 0. The van der Waals surface area contributed by atoms with Gasteiger partial charge >= 0.3 is 6.09 Å². The topological polar surface area (TPSA) is 60.8 Å². The highest BCUT2D eigenvalue weighted by atomic mass is 16.4. The predicted molar refractivity (Wildman–Crippen MR) is 109 cm³/mol. The van der Waals surface area contributed by atoms with Gasteiger partial charge in [0.1, 0.15) is 0 Å². The molecule has 3 rings (SSSR count). The van der Waals surface area contributed by atoms with E-state index in [4.69, 9.17) is 0 Å². The number of carboxylic acid groups (broad SMARTS) is 1. The van der Waals surface area contributed by atoms with Crippen LogP contribution in [0, 0.1) is 6.92 Å². The molecule has 27 heavy (non-hydrogen) atoms. The van der Waals surface area contributed by atoms with E-state index in [0.717, 1.165) is 22.4 Å². The summed E-state index contributed by atoms with van der Waals surface area (Å²) < 4.78 is 0. The molecule has 1 aliphatic rings. The Labute approximate surface area is 161 Å². The molecule has 0 unspecified atom stereocenters. The van der Waals surface area contributed by atoms with Gasteiger partial charge in [-0.2, -0.15) is 0 Å². The van der Waals surface area contributed by atoms with Gasteiger partial charge in [-0.15, -0.1) is 0 Å². The Morgan fingerprint density at radius 3 is 2.33 bits per heavy atom. The molecule has 1 aliphatic heterocycles. The maximum Gasteiger partial charge on any atom is 0.416 e. The number of aliphatic hydroxyl groups is 1. The van der Waals surface area contributed by atoms with Gasteiger partial charge in [-0.25, -0.2) is 9.69 Å². The normalized spacial score (nSPS) is 15.3. The zero-order chi connectivity index (χ0) is 20.1. The molecule has 2 aromatic carbocycles. The highest BCUT2D eigenvalue weighted by Crippen LogP contribution is 2.52. The summed E-state index contributed by atoms with van der Waals surface area (Å²) in [7, 11) is 0. The van der Waals surface area contributed by atoms with Gasteiger partial charge in [0.15, 0.2) is 0 Å². The molecule has 4 nitrogen and oxygen atoms in total. The van der Waals surface area contributed by atoms with E-state index in [2.05, 4.69) is 41.5 Å². The summed E-state index contributed by atoms with van der Waals surface area (Å²) in [4.78, 5) is 13.7. The highest BCUT2D eigenvalue weighted by molar-refractivity contribution is 6.00. The lowest BCUT2D eigenvalue weighted by Gasteiger charge is -2.43. The summed E-state index contributed by atoms with van der Waals surface area (Å²) in [6.45, 7) is 13.0. The number of anilines is 2. The fourth-order valence-corrected chi connectivity index (χ4v) is 4.53. The number of rotatable bonds is 2. The molecule has 0 saturated carbocycles. The third-order valence-electron chi connectivity index (χ3n) is 5.58. The van der Waals surface area contributed by atoms with Gasteiger partial charge in [0.05, 0.1) is 11.4 Å². The molecule has 1 amide bonds. The third kappa shape index (κ3) is 3.02. The SMILES string of the molecule is Cc1ccc2c(c1C(C)(C)C)C(C)(C)c1ccc(CCO)cc1N2C(=O)O. The van der Waals surface area contributed by atoms with Gasteiger partial charge in [-0.05, 0) is 58.7 Å². The molecule has 2 aromatic rings. The molecule has 0 radical (unpaired) electrons. The minimum atomic E-state index is -0.988. The summed E-state index contributed by atoms with van der Waals surface area (Å²) in [5, 5.41) is 19.3. The van der Waals surface area contributed by atoms with E-state index < -0.39 is 6.09 Å². The van der Waals surface area contributed by atoms with Gasteiger partial charge in [0, 0.05) is 12.0 Å². The molecule has 0 fully saturated rings. The van der Waals surface area contributed by atoms with Crippen LogP contribution in [0.1, 0.15) is 62.4 Å². The van der Waals surface area contributed by atoms with Gasteiger partial charge < -0.3 is 10.2 Å². The van der Waals surface area contributed by atoms with E-state index in [9.17, 15) is 15.0 Å². The average Bonchev–Trinajstić information content (AvgIpc) is 2.54. The molecule has 4 heteroatoms. The van der Waals surface area contributed by atoms with Crippen LogP contribution in [0.5, 0.6) is 0 Å². The van der Waals surface area contributed by atoms with Gasteiger partial charge in [0.25, 0.3) is 0 Å². The summed E-state index contributed by atoms with van der Waals surface area (Å²) in [6.07, 6.45) is -0.479. The minimum absolute atomic E-state index is 0.0409. The summed E-state index contributed by atoms with van der Waals surface area (Å²) >= 11 is 0. The molecule has 0 atom stereocenters. The van der Waals surface area contributed by atoms with Crippen LogP contribution < -0.4 is 4.90 Å². The zero-order valence-corrected chi connectivity index (χ0v) is 17.1. The van der Waals surface area contributed by atoms with Crippen LogP contribution in [0.2, 0.25) is 0 Å². The molecule has 144 valence electrons. The van der Waals surface area contributed by atoms with Crippen molar-refractivity contribution in [3.8, 4) is 0 Å². The second kappa shape index (κ2) is 6.38. The second-order valence-electron chi connectivity index (χ2n) is 8.97. The predicted octanol–water partition coefficient (Wildman–Crippen LogP) is 5.28. The molecular weight excluding hydrogens is 338 g/mol. The van der Waals surface area contributed by atoms with Crippen LogP contribution in [0.15, 0.2) is 30.3 Å². The number of nitrogens with zero attached hydrogens (tertiary/aromatic N) is 1. The van der Waals surface area contributed by atoms with E-state index >= 15 is 0 Å². The van der Waals surface area contributed by atoms with Crippen LogP contribution in [0.3, 0.4) is 0 Å². The molecule has 0 bridgehead atoms. The number of hydrogen-bond acceptors (Lipinski definition) is 2. The van der Waals surface area contributed by atoms with Crippen molar-refractivity contribution in [2.45, 2.75) is 58.8 Å². The van der Waals surface area contributed by atoms with Crippen LogP contribution in [-0.4, -0.2) is 22.9 Å². The van der Waals surface area contributed by atoms with E-state index in [-0.39, 0.29) is 17.4 Å². The average molecular weight is 367 g/mol. The van der Waals surface area contributed by atoms with Crippen LogP contribution >= 0.6 is 0 Å². The number of benzene rings is 2. The maximum absolute atomic E-state index is 12.3. The van der Waals surface area contributed by atoms with Crippen molar-refractivity contribution in [1.82, 2.24) is 0 Å². The first kappa shape index (κ1) is 19.4. The van der Waals surface area contributed by atoms with Crippen LogP contribution in [-0.2, 0) is 17.3 Å². The Hall–Kier alpha value is -2.33. The lowest BCUT2D eigenvalue weighted by atomic mass is 9.66. The van der Waals surface area contributed by atoms with E-state index in [0.29, 0.717) is 12.1 Å². The number of fused-ring (bicyclic) bond motifs is 2. The smallest absolute Gasteiger partial charge is 0.416 e. The molecule has 0 saturated heterocycles. The lowest BCUT2D eigenvalue weighted by Crippen LogP contribution is -2.38. The van der Waals surface area contributed by atoms with Crippen LogP contribution in [0.4, 0.5) is 16.2 Å². The zero-order valence-electron chi connectivity index (χ0n) is 17.1. The Morgan fingerprint density at radius 2 is 1.78 bits per heavy atom. The number of aryl methyl sites for hydroxylation is 1. The number of carbonyl (C=O) groups is 1. The summed E-state index contributed by atoms with van der Waals surface area (Å²) in [6, 6.07) is 9.87. The first-order valence-electron chi connectivity index (χ1n) is 9.42. The first-order valence-corrected chi connectivity index (χ1v) is 9.42. The number of amides is 1. The van der Waals surface area contributed by atoms with Crippen molar-refractivity contribution in [2.75, 3.05) is 11.5 Å². The fraction of sp³-hybridized carbons (Fsp3) is 0.435. The van der Waals surface area contributed by atoms with E-state index in [1.807, 2.05) is 30.3 Å². The van der Waals surface area contributed by atoms with E-state index in [1.54, 1.807) is 0 Å². The lowest BCUT2D eigenvalue weighted by molar-refractivity contribution is 0.204. The highest BCUT2D eigenvalue weighted by Gasteiger charge is 2.42. The van der Waals surface area contributed by atoms with Crippen molar-refractivity contribution in [2.24, 2.45) is 0 Å². The Bertz CT molecular complexity index is 907. The fourth-order valence-electron chi connectivity index (χ4n) is 4.53. The molecule has 2 N–H and O–H groups in total. The Kier molecular flexibility index (Phi) is 4.59. The quantitative estimate of drug-likeness (QED) is 0.759. The van der Waals surface area contributed by atoms with Crippen molar-refractivity contribution in [3.63, 3.8) is 0 Å². The largest absolute Gasteiger partial charge is 0.464 e. The molecule has 0 spiro atoms. The Balaban J connectivity index is 2.40. The van der Waals surface area contributed by atoms with Crippen molar-refractivity contribution < 1.29 is 15.0 Å². The van der Waals surface area contributed by atoms with E-state index in [1.165, 1.54) is 16.0 Å². The van der Waals surface area contributed by atoms with Crippen molar-refractivity contribution in [1.29, 1.82) is 0 Å². The van der Waals surface area contributed by atoms with Gasteiger partial charge in [-0.3, -0.25) is 0 Å². The monoisotopic (exact) mass is 367 g/mol. The Morgan fingerprint density at radius 1 is 1.11 bits per heavy atom. The van der Waals surface area contributed by atoms with Gasteiger partial charge in [-0.1, -0.05) is 52.8 Å². The minimum Gasteiger partial charge on any atom is -0.464 e.